The molecule has 0 fully saturated rings. The van der Waals surface area contributed by atoms with E-state index in [2.05, 4.69) is 50.2 Å². The Morgan fingerprint density at radius 3 is 1.77 bits per heavy atom. The molecule has 3 rings (SSSR count). The maximum atomic E-state index is 12.1. The van der Waals surface area contributed by atoms with Crippen LogP contribution in [-0.2, 0) is 9.53 Å². The van der Waals surface area contributed by atoms with Crippen molar-refractivity contribution >= 4 is 17.1 Å². The lowest BCUT2D eigenvalue weighted by Gasteiger charge is -2.11. The molecule has 1 aliphatic rings. The number of rotatable bonds is 5. The molecule has 1 aliphatic carbocycles. The molecule has 0 radical (unpaired) electrons. The molecule has 2 aromatic rings. The molecule has 26 heavy (non-hydrogen) atoms. The maximum Gasteiger partial charge on any atom is 0.331 e. The van der Waals surface area contributed by atoms with Crippen LogP contribution in [0.2, 0.25) is 0 Å². The summed E-state index contributed by atoms with van der Waals surface area (Å²) in [7, 11) is 1.43. The van der Waals surface area contributed by atoms with Crippen molar-refractivity contribution < 1.29 is 9.53 Å². The van der Waals surface area contributed by atoms with Gasteiger partial charge >= 0.3 is 5.97 Å². The van der Waals surface area contributed by atoms with Gasteiger partial charge in [0.25, 0.3) is 0 Å². The van der Waals surface area contributed by atoms with Crippen LogP contribution in [-0.4, -0.2) is 13.1 Å². The van der Waals surface area contributed by atoms with Crippen molar-refractivity contribution in [3.63, 3.8) is 0 Å². The molecule has 0 amide bonds. The Labute approximate surface area is 155 Å². The Morgan fingerprint density at radius 1 is 0.808 bits per heavy atom. The summed E-state index contributed by atoms with van der Waals surface area (Å²) in [4.78, 5) is 12.1. The number of carbonyl (C=O) groups excluding carboxylic acids is 1. The highest BCUT2D eigenvalue weighted by molar-refractivity contribution is 6.08. The lowest BCUT2D eigenvalue weighted by molar-refractivity contribution is -0.134. The van der Waals surface area contributed by atoms with Gasteiger partial charge in [0.15, 0.2) is 0 Å². The van der Waals surface area contributed by atoms with E-state index in [9.17, 15) is 4.79 Å². The Kier molecular flexibility index (Phi) is 5.52. The highest BCUT2D eigenvalue weighted by Crippen LogP contribution is 2.49. The highest BCUT2D eigenvalue weighted by Gasteiger charge is 2.29. The number of hydrogen-bond donors (Lipinski definition) is 0. The number of allylic oxidation sites excluding steroid dienone is 5. The zero-order valence-electron chi connectivity index (χ0n) is 15.6. The minimum absolute atomic E-state index is 0.316. The smallest absolute Gasteiger partial charge is 0.331 e. The van der Waals surface area contributed by atoms with E-state index in [0.717, 1.165) is 29.6 Å². The zero-order chi connectivity index (χ0) is 18.5. The van der Waals surface area contributed by atoms with E-state index in [0.29, 0.717) is 0 Å². The van der Waals surface area contributed by atoms with Crippen molar-refractivity contribution in [2.75, 3.05) is 7.11 Å². The summed E-state index contributed by atoms with van der Waals surface area (Å²) < 4.78 is 4.94. The van der Waals surface area contributed by atoms with Gasteiger partial charge in [-0.15, -0.1) is 0 Å². The van der Waals surface area contributed by atoms with Crippen molar-refractivity contribution in [2.24, 2.45) is 0 Å². The first-order valence-corrected chi connectivity index (χ1v) is 9.09. The number of hydrogen-bond acceptors (Lipinski definition) is 2. The van der Waals surface area contributed by atoms with E-state index in [1.54, 1.807) is 6.08 Å². The molecule has 132 valence electrons. The molecule has 0 saturated carbocycles. The number of carbonyl (C=O) groups is 1. The summed E-state index contributed by atoms with van der Waals surface area (Å²) in [6.45, 7) is 4.32. The van der Waals surface area contributed by atoms with Gasteiger partial charge in [-0.3, -0.25) is 0 Å². The van der Waals surface area contributed by atoms with Crippen LogP contribution < -0.4 is 0 Å². The molecule has 2 heteroatoms. The maximum absolute atomic E-state index is 12.1. The first kappa shape index (κ1) is 17.9. The standard InChI is InChI=1S/C24H24O2/c1-4-19-21(16-22(25)26-3)24(18-14-10-7-11-15-18)20(5-2)23(19)17-12-8-6-9-13-17/h6-16H,4-5H2,1-3H3/b21-16+. The summed E-state index contributed by atoms with van der Waals surface area (Å²) in [5, 5.41) is 0. The largest absolute Gasteiger partial charge is 0.466 e. The molecule has 0 aliphatic heterocycles. The van der Waals surface area contributed by atoms with Crippen LogP contribution in [0.25, 0.3) is 11.1 Å². The number of ether oxygens (including phenoxy) is 1. The molecule has 0 N–H and O–H groups in total. The quantitative estimate of drug-likeness (QED) is 0.504. The predicted molar refractivity (Wildman–Crippen MR) is 107 cm³/mol. The van der Waals surface area contributed by atoms with E-state index < -0.39 is 0 Å². The Bertz CT molecular complexity index is 884. The van der Waals surface area contributed by atoms with Gasteiger partial charge in [0.05, 0.1) is 7.11 Å². The topological polar surface area (TPSA) is 26.3 Å². The second kappa shape index (κ2) is 8.01. The molecule has 2 aromatic carbocycles. The molecule has 0 bridgehead atoms. The van der Waals surface area contributed by atoms with Crippen molar-refractivity contribution in [3.05, 3.63) is 94.6 Å². The molecular weight excluding hydrogens is 320 g/mol. The predicted octanol–water partition coefficient (Wildman–Crippen LogP) is 5.83. The van der Waals surface area contributed by atoms with Crippen molar-refractivity contribution in [1.29, 1.82) is 0 Å². The molecular formula is C24H24O2. The fraction of sp³-hybridized carbons (Fsp3) is 0.208. The highest BCUT2D eigenvalue weighted by atomic mass is 16.5. The molecule has 0 aromatic heterocycles. The fourth-order valence-corrected chi connectivity index (χ4v) is 3.70. The molecule has 0 saturated heterocycles. The van der Waals surface area contributed by atoms with Crippen LogP contribution in [0.3, 0.4) is 0 Å². The first-order valence-electron chi connectivity index (χ1n) is 9.09. The molecule has 0 unspecified atom stereocenters. The molecule has 0 heterocycles. The lowest BCUT2D eigenvalue weighted by Crippen LogP contribution is -2.00. The van der Waals surface area contributed by atoms with Gasteiger partial charge in [-0.2, -0.15) is 0 Å². The van der Waals surface area contributed by atoms with E-state index in [1.807, 2.05) is 24.3 Å². The van der Waals surface area contributed by atoms with Gasteiger partial charge in [-0.05, 0) is 51.8 Å². The fourth-order valence-electron chi connectivity index (χ4n) is 3.70. The summed E-state index contributed by atoms with van der Waals surface area (Å²) in [6.07, 6.45) is 3.40. The normalized spacial score (nSPS) is 15.7. The second-order valence-corrected chi connectivity index (χ2v) is 6.23. The lowest BCUT2D eigenvalue weighted by atomic mass is 9.93. The van der Waals surface area contributed by atoms with Gasteiger partial charge in [0.1, 0.15) is 0 Å². The van der Waals surface area contributed by atoms with E-state index >= 15 is 0 Å². The van der Waals surface area contributed by atoms with Crippen LogP contribution in [0.15, 0.2) is 83.5 Å². The first-order chi connectivity index (χ1) is 12.7. The van der Waals surface area contributed by atoms with Gasteiger partial charge in [-0.25, -0.2) is 4.79 Å². The zero-order valence-corrected chi connectivity index (χ0v) is 15.6. The van der Waals surface area contributed by atoms with Crippen molar-refractivity contribution in [1.82, 2.24) is 0 Å². The Balaban J connectivity index is 2.32. The molecule has 0 spiro atoms. The third kappa shape index (κ3) is 3.28. The van der Waals surface area contributed by atoms with Gasteiger partial charge in [0, 0.05) is 6.08 Å². The monoisotopic (exact) mass is 344 g/mol. The number of methoxy groups -OCH3 is 1. The van der Waals surface area contributed by atoms with Gasteiger partial charge in [0.2, 0.25) is 0 Å². The van der Waals surface area contributed by atoms with E-state index in [4.69, 9.17) is 4.74 Å². The second-order valence-electron chi connectivity index (χ2n) is 6.23. The summed E-state index contributed by atoms with van der Waals surface area (Å²) in [6, 6.07) is 20.8. The third-order valence-corrected chi connectivity index (χ3v) is 4.80. The molecule has 2 nitrogen and oxygen atoms in total. The van der Waals surface area contributed by atoms with Gasteiger partial charge < -0.3 is 4.74 Å². The summed E-state index contributed by atoms with van der Waals surface area (Å²) >= 11 is 0. The third-order valence-electron chi connectivity index (χ3n) is 4.80. The van der Waals surface area contributed by atoms with E-state index in [-0.39, 0.29) is 5.97 Å². The number of benzene rings is 2. The SMILES string of the molecule is CCC1=C(c2ccccc2)/C(=C/C(=O)OC)C(CC)=C1c1ccccc1. The van der Waals surface area contributed by atoms with Gasteiger partial charge in [-0.1, -0.05) is 74.5 Å². The number of esters is 1. The minimum atomic E-state index is -0.316. The molecule has 0 atom stereocenters. The van der Waals surface area contributed by atoms with Crippen LogP contribution in [0, 0.1) is 0 Å². The summed E-state index contributed by atoms with van der Waals surface area (Å²) in [5.41, 5.74) is 8.21. The Hall–Kier alpha value is -2.87. The average molecular weight is 344 g/mol. The Morgan fingerprint density at radius 2 is 1.31 bits per heavy atom. The van der Waals surface area contributed by atoms with E-state index in [1.165, 1.54) is 29.4 Å². The van der Waals surface area contributed by atoms with Crippen molar-refractivity contribution in [3.8, 4) is 0 Å². The minimum Gasteiger partial charge on any atom is -0.466 e. The summed E-state index contributed by atoms with van der Waals surface area (Å²) in [5.74, 6) is -0.316. The average Bonchev–Trinajstić information content (AvgIpc) is 3.02. The van der Waals surface area contributed by atoms with Crippen LogP contribution in [0.4, 0.5) is 0 Å². The van der Waals surface area contributed by atoms with Crippen molar-refractivity contribution in [2.45, 2.75) is 26.7 Å². The van der Waals surface area contributed by atoms with Crippen LogP contribution in [0.5, 0.6) is 0 Å². The van der Waals surface area contributed by atoms with Crippen LogP contribution >= 0.6 is 0 Å². The van der Waals surface area contributed by atoms with Crippen LogP contribution in [0.1, 0.15) is 37.8 Å².